The van der Waals surface area contributed by atoms with Gasteiger partial charge in [-0.3, -0.25) is 0 Å². The van der Waals surface area contributed by atoms with E-state index in [1.807, 2.05) is 18.4 Å². The van der Waals surface area contributed by atoms with Crippen LogP contribution in [0.5, 0.6) is 0 Å². The van der Waals surface area contributed by atoms with E-state index in [9.17, 15) is 0 Å². The molecule has 0 bridgehead atoms. The fourth-order valence-electron chi connectivity index (χ4n) is 2.44. The number of thiazole rings is 1. The number of nitrogens with zero attached hydrogens (tertiary/aromatic N) is 2. The van der Waals surface area contributed by atoms with Gasteiger partial charge >= 0.3 is 0 Å². The van der Waals surface area contributed by atoms with Gasteiger partial charge in [0.2, 0.25) is 0 Å². The Hall–Kier alpha value is -0.610. The zero-order valence-electron chi connectivity index (χ0n) is 13.4. The zero-order valence-corrected chi connectivity index (χ0v) is 14.2. The van der Waals surface area contributed by atoms with Crippen molar-refractivity contribution in [2.75, 3.05) is 18.5 Å². The molecule has 1 saturated carbocycles. The first-order chi connectivity index (χ1) is 9.65. The van der Waals surface area contributed by atoms with E-state index >= 15 is 0 Å². The summed E-state index contributed by atoms with van der Waals surface area (Å²) in [4.78, 5) is 8.97. The summed E-state index contributed by atoms with van der Waals surface area (Å²) < 4.78 is 0. The van der Waals surface area contributed by atoms with Crippen LogP contribution >= 0.6 is 11.3 Å². The minimum absolute atomic E-state index is 0.761. The molecule has 1 aliphatic carbocycles. The standard InChI is InChI=1S/C16H29N3S/c1-5-6-14-15(11-17-4)20-16(18-14)19(13-7-8-13)10-9-12(2)3/h12-13,17H,5-11H2,1-4H3. The van der Waals surface area contributed by atoms with Crippen LogP contribution < -0.4 is 10.2 Å². The van der Waals surface area contributed by atoms with E-state index in [0.29, 0.717) is 0 Å². The number of aryl methyl sites for hydroxylation is 1. The van der Waals surface area contributed by atoms with Crippen LogP contribution in [0.2, 0.25) is 0 Å². The highest BCUT2D eigenvalue weighted by Crippen LogP contribution is 2.36. The van der Waals surface area contributed by atoms with E-state index in [-0.39, 0.29) is 0 Å². The molecule has 20 heavy (non-hydrogen) atoms. The van der Waals surface area contributed by atoms with Gasteiger partial charge in [0, 0.05) is 24.0 Å². The Labute approximate surface area is 127 Å². The molecule has 0 amide bonds. The summed E-state index contributed by atoms with van der Waals surface area (Å²) in [5.41, 5.74) is 1.32. The molecule has 3 nitrogen and oxygen atoms in total. The van der Waals surface area contributed by atoms with E-state index in [1.54, 1.807) is 0 Å². The Morgan fingerprint density at radius 2 is 2.15 bits per heavy atom. The lowest BCUT2D eigenvalue weighted by Crippen LogP contribution is -2.27. The second kappa shape index (κ2) is 7.41. The Bertz CT molecular complexity index is 386. The summed E-state index contributed by atoms with van der Waals surface area (Å²) in [6.07, 6.45) is 6.25. The van der Waals surface area contributed by atoms with Gasteiger partial charge in [-0.2, -0.15) is 0 Å². The highest BCUT2D eigenvalue weighted by molar-refractivity contribution is 7.15. The molecule has 4 heteroatoms. The molecule has 1 aromatic rings. The molecule has 0 aromatic carbocycles. The fraction of sp³-hybridized carbons (Fsp3) is 0.812. The molecule has 0 aliphatic heterocycles. The van der Waals surface area contributed by atoms with Gasteiger partial charge < -0.3 is 10.2 Å². The van der Waals surface area contributed by atoms with E-state index in [4.69, 9.17) is 4.98 Å². The first-order valence-electron chi connectivity index (χ1n) is 8.05. The van der Waals surface area contributed by atoms with Crippen molar-refractivity contribution < 1.29 is 0 Å². The molecule has 2 rings (SSSR count). The van der Waals surface area contributed by atoms with Crippen molar-refractivity contribution in [1.82, 2.24) is 10.3 Å². The lowest BCUT2D eigenvalue weighted by atomic mass is 10.1. The van der Waals surface area contributed by atoms with E-state index in [0.717, 1.165) is 24.9 Å². The normalized spacial score (nSPS) is 15.1. The highest BCUT2D eigenvalue weighted by atomic mass is 32.1. The molecule has 0 saturated heterocycles. The van der Waals surface area contributed by atoms with Crippen LogP contribution in [0.1, 0.15) is 57.0 Å². The Morgan fingerprint density at radius 3 is 2.70 bits per heavy atom. The molecule has 0 unspecified atom stereocenters. The molecule has 0 radical (unpaired) electrons. The average molecular weight is 295 g/mol. The second-order valence-electron chi connectivity index (χ2n) is 6.25. The van der Waals surface area contributed by atoms with E-state index in [2.05, 4.69) is 31.0 Å². The summed E-state index contributed by atoms with van der Waals surface area (Å²) in [7, 11) is 2.02. The van der Waals surface area contributed by atoms with Crippen LogP contribution in [0.4, 0.5) is 5.13 Å². The Balaban J connectivity index is 2.12. The monoisotopic (exact) mass is 295 g/mol. The van der Waals surface area contributed by atoms with Crippen molar-refractivity contribution in [2.45, 2.75) is 65.5 Å². The Kier molecular flexibility index (Phi) is 5.85. The summed E-state index contributed by atoms with van der Waals surface area (Å²) in [5, 5.41) is 4.55. The molecule has 1 aromatic heterocycles. The van der Waals surface area contributed by atoms with Crippen molar-refractivity contribution in [1.29, 1.82) is 0 Å². The number of rotatable bonds is 9. The summed E-state index contributed by atoms with van der Waals surface area (Å²) in [6.45, 7) is 8.97. The quantitative estimate of drug-likeness (QED) is 0.750. The number of anilines is 1. The minimum Gasteiger partial charge on any atom is -0.345 e. The number of aromatic nitrogens is 1. The van der Waals surface area contributed by atoms with E-state index < -0.39 is 0 Å². The van der Waals surface area contributed by atoms with Crippen LogP contribution in [0, 0.1) is 5.92 Å². The SMILES string of the molecule is CCCc1nc(N(CCC(C)C)C2CC2)sc1CNC. The maximum absolute atomic E-state index is 4.96. The van der Waals surface area contributed by atoms with Crippen molar-refractivity contribution in [3.63, 3.8) is 0 Å². The first kappa shape index (κ1) is 15.8. The summed E-state index contributed by atoms with van der Waals surface area (Å²) in [5.74, 6) is 0.767. The van der Waals surface area contributed by atoms with Crippen molar-refractivity contribution in [2.24, 2.45) is 5.92 Å². The summed E-state index contributed by atoms with van der Waals surface area (Å²) >= 11 is 1.90. The Morgan fingerprint density at radius 1 is 1.40 bits per heavy atom. The molecule has 1 fully saturated rings. The smallest absolute Gasteiger partial charge is 0.186 e. The third-order valence-corrected chi connectivity index (χ3v) is 4.91. The van der Waals surface area contributed by atoms with Gasteiger partial charge in [-0.1, -0.05) is 27.2 Å². The predicted octanol–water partition coefficient (Wildman–Crippen LogP) is 3.83. The van der Waals surface area contributed by atoms with Crippen molar-refractivity contribution >= 4 is 16.5 Å². The van der Waals surface area contributed by atoms with Gasteiger partial charge in [-0.05, 0) is 38.6 Å². The van der Waals surface area contributed by atoms with Crippen LogP contribution in [0.25, 0.3) is 0 Å². The second-order valence-corrected chi connectivity index (χ2v) is 7.32. The number of hydrogen-bond donors (Lipinski definition) is 1. The molecule has 1 aliphatic rings. The lowest BCUT2D eigenvalue weighted by molar-refractivity contribution is 0.570. The van der Waals surface area contributed by atoms with Crippen LogP contribution in [0.15, 0.2) is 0 Å². The molecule has 0 spiro atoms. The van der Waals surface area contributed by atoms with Crippen LogP contribution in [0.3, 0.4) is 0 Å². The largest absolute Gasteiger partial charge is 0.345 e. The topological polar surface area (TPSA) is 28.2 Å². The molecule has 114 valence electrons. The third kappa shape index (κ3) is 4.19. The van der Waals surface area contributed by atoms with Gasteiger partial charge in [0.15, 0.2) is 5.13 Å². The highest BCUT2D eigenvalue weighted by Gasteiger charge is 2.31. The maximum atomic E-state index is 4.96. The zero-order chi connectivity index (χ0) is 14.5. The minimum atomic E-state index is 0.761. The fourth-order valence-corrected chi connectivity index (χ4v) is 3.66. The molecule has 0 atom stereocenters. The third-order valence-electron chi connectivity index (χ3n) is 3.77. The molecular weight excluding hydrogens is 266 g/mol. The maximum Gasteiger partial charge on any atom is 0.186 e. The number of nitrogens with one attached hydrogen (secondary N) is 1. The predicted molar refractivity (Wildman–Crippen MR) is 88.7 cm³/mol. The van der Waals surface area contributed by atoms with Gasteiger partial charge in [-0.15, -0.1) is 11.3 Å². The molecule has 1 heterocycles. The first-order valence-corrected chi connectivity index (χ1v) is 8.87. The van der Waals surface area contributed by atoms with Crippen LogP contribution in [-0.4, -0.2) is 24.6 Å². The van der Waals surface area contributed by atoms with Gasteiger partial charge in [-0.25, -0.2) is 4.98 Å². The van der Waals surface area contributed by atoms with Crippen molar-refractivity contribution in [3.05, 3.63) is 10.6 Å². The lowest BCUT2D eigenvalue weighted by Gasteiger charge is -2.22. The molecular formula is C16H29N3S. The average Bonchev–Trinajstić information content (AvgIpc) is 3.15. The number of hydrogen-bond acceptors (Lipinski definition) is 4. The van der Waals surface area contributed by atoms with Crippen LogP contribution in [-0.2, 0) is 13.0 Å². The van der Waals surface area contributed by atoms with Crippen molar-refractivity contribution in [3.8, 4) is 0 Å². The van der Waals surface area contributed by atoms with Gasteiger partial charge in [0.25, 0.3) is 0 Å². The molecule has 1 N–H and O–H groups in total. The van der Waals surface area contributed by atoms with E-state index in [1.165, 1.54) is 47.9 Å². The van der Waals surface area contributed by atoms with Gasteiger partial charge in [0.05, 0.1) is 5.69 Å². The summed E-state index contributed by atoms with van der Waals surface area (Å²) in [6, 6.07) is 0.761. The van der Waals surface area contributed by atoms with Gasteiger partial charge in [0.1, 0.15) is 0 Å².